The minimum Gasteiger partial charge on any atom is -0.462 e. The van der Waals surface area contributed by atoms with Crippen LogP contribution in [0, 0.1) is 34.5 Å². The highest BCUT2D eigenvalue weighted by Gasteiger charge is 2.59. The molecule has 3 nitrogen and oxygen atoms in total. The molecule has 31 heavy (non-hydrogen) atoms. The van der Waals surface area contributed by atoms with Gasteiger partial charge in [-0.15, -0.1) is 0 Å². The predicted octanol–water partition coefficient (Wildman–Crippen LogP) is 6.62. The molecule has 0 saturated heterocycles. The summed E-state index contributed by atoms with van der Waals surface area (Å²) >= 11 is 0. The molecule has 3 saturated carbocycles. The molecule has 0 N–H and O–H groups in total. The van der Waals surface area contributed by atoms with Crippen molar-refractivity contribution in [1.29, 1.82) is 0 Å². The summed E-state index contributed by atoms with van der Waals surface area (Å²) in [5, 5.41) is 0. The van der Waals surface area contributed by atoms with Crippen molar-refractivity contribution in [2.75, 3.05) is 7.11 Å². The van der Waals surface area contributed by atoms with Crippen molar-refractivity contribution in [1.82, 2.24) is 0 Å². The first kappa shape index (κ1) is 21.7. The van der Waals surface area contributed by atoms with Crippen molar-refractivity contribution < 1.29 is 14.3 Å². The third kappa shape index (κ3) is 3.73. The van der Waals surface area contributed by atoms with Crippen LogP contribution in [0.1, 0.15) is 90.9 Å². The molecule has 0 aromatic heterocycles. The summed E-state index contributed by atoms with van der Waals surface area (Å²) in [7, 11) is 1.83. The van der Waals surface area contributed by atoms with Gasteiger partial charge in [-0.1, -0.05) is 57.8 Å². The highest BCUT2D eigenvalue weighted by atomic mass is 16.5. The van der Waals surface area contributed by atoms with Gasteiger partial charge in [0.25, 0.3) is 0 Å². The molecule has 0 aliphatic heterocycles. The van der Waals surface area contributed by atoms with Gasteiger partial charge in [0, 0.05) is 18.9 Å². The van der Waals surface area contributed by atoms with Gasteiger partial charge in [0.05, 0.1) is 6.10 Å². The van der Waals surface area contributed by atoms with Gasteiger partial charge in [-0.05, 0) is 79.6 Å². The van der Waals surface area contributed by atoms with Gasteiger partial charge in [0.2, 0.25) is 0 Å². The molecular weight excluding hydrogens is 384 g/mol. The predicted molar refractivity (Wildman–Crippen MR) is 123 cm³/mol. The monoisotopic (exact) mass is 426 g/mol. The molecule has 3 heteroatoms. The second kappa shape index (κ2) is 8.36. The summed E-state index contributed by atoms with van der Waals surface area (Å²) < 4.78 is 11.8. The van der Waals surface area contributed by atoms with E-state index in [9.17, 15) is 4.79 Å². The Bertz CT molecular complexity index is 747. The topological polar surface area (TPSA) is 35.5 Å². The summed E-state index contributed by atoms with van der Waals surface area (Å²) in [5.41, 5.74) is 1.94. The highest BCUT2D eigenvalue weighted by molar-refractivity contribution is 5.69. The zero-order valence-corrected chi connectivity index (χ0v) is 19.9. The number of hydrogen-bond donors (Lipinski definition) is 0. The molecule has 0 aromatic rings. The van der Waals surface area contributed by atoms with E-state index >= 15 is 0 Å². The number of esters is 1. The zero-order valence-electron chi connectivity index (χ0n) is 19.9. The maximum absolute atomic E-state index is 12.7. The van der Waals surface area contributed by atoms with Gasteiger partial charge in [0.15, 0.2) is 0 Å². The molecular formula is C28H42O3. The SMILES string of the molecule is COC1C=C2C=C[C@H]3[C@@H]4CC[C@H](OC(=O)CCC5CCCC5)[C@@]4(C)CC[C@@H]3[C@@]2(C)CC1. The van der Waals surface area contributed by atoms with Crippen LogP contribution in [0.4, 0.5) is 0 Å². The van der Waals surface area contributed by atoms with E-state index < -0.39 is 0 Å². The number of methoxy groups -OCH3 is 1. The normalized spacial score (nSPS) is 44.4. The second-order valence-corrected chi connectivity index (χ2v) is 11.8. The van der Waals surface area contributed by atoms with Gasteiger partial charge < -0.3 is 9.47 Å². The van der Waals surface area contributed by atoms with E-state index in [4.69, 9.17) is 9.47 Å². The lowest BCUT2D eigenvalue weighted by Crippen LogP contribution is -2.50. The maximum Gasteiger partial charge on any atom is 0.306 e. The number of allylic oxidation sites excluding steroid dienone is 3. The fraction of sp³-hybridized carbons (Fsp3) is 0.821. The smallest absolute Gasteiger partial charge is 0.306 e. The molecule has 0 spiro atoms. The lowest BCUT2D eigenvalue weighted by atomic mass is 9.49. The van der Waals surface area contributed by atoms with Gasteiger partial charge in [-0.2, -0.15) is 0 Å². The van der Waals surface area contributed by atoms with Crippen molar-refractivity contribution in [2.24, 2.45) is 34.5 Å². The molecule has 0 aromatic carbocycles. The van der Waals surface area contributed by atoms with E-state index in [-0.39, 0.29) is 29.0 Å². The van der Waals surface area contributed by atoms with Crippen molar-refractivity contribution in [3.8, 4) is 0 Å². The summed E-state index contributed by atoms with van der Waals surface area (Å²) in [4.78, 5) is 12.7. The van der Waals surface area contributed by atoms with E-state index in [0.29, 0.717) is 18.3 Å². The largest absolute Gasteiger partial charge is 0.462 e. The van der Waals surface area contributed by atoms with Gasteiger partial charge in [-0.3, -0.25) is 4.79 Å². The first-order valence-corrected chi connectivity index (χ1v) is 13.1. The molecule has 0 bridgehead atoms. The Labute approximate surface area is 189 Å². The Morgan fingerprint density at radius 3 is 2.61 bits per heavy atom. The van der Waals surface area contributed by atoms with Crippen LogP contribution in [0.2, 0.25) is 0 Å². The van der Waals surface area contributed by atoms with Gasteiger partial charge >= 0.3 is 5.97 Å². The standard InChI is InChI=1S/C28H42O3/c1-27-16-14-21(30-3)18-20(27)9-10-22-23-11-12-25(28(23,2)17-15-24(22)27)31-26(29)13-8-19-6-4-5-7-19/h9-10,18-19,21-25H,4-8,11-17H2,1-3H3/t21?,22-,23-,24-,25-,27-,28-/m0/s1. The minimum atomic E-state index is 0.0650. The Kier molecular flexibility index (Phi) is 5.86. The number of fused-ring (bicyclic) bond motifs is 5. The molecule has 5 aliphatic rings. The molecule has 1 unspecified atom stereocenters. The Morgan fingerprint density at radius 2 is 1.84 bits per heavy atom. The fourth-order valence-corrected chi connectivity index (χ4v) is 8.30. The third-order valence-corrected chi connectivity index (χ3v) is 10.3. The van der Waals surface area contributed by atoms with Crippen molar-refractivity contribution in [3.63, 3.8) is 0 Å². The van der Waals surface area contributed by atoms with Crippen LogP contribution in [-0.4, -0.2) is 25.3 Å². The van der Waals surface area contributed by atoms with Crippen LogP contribution in [0.3, 0.4) is 0 Å². The summed E-state index contributed by atoms with van der Waals surface area (Å²) in [6.45, 7) is 4.93. The van der Waals surface area contributed by atoms with Gasteiger partial charge in [-0.25, -0.2) is 0 Å². The number of carbonyl (C=O) groups excluding carboxylic acids is 1. The highest BCUT2D eigenvalue weighted by Crippen LogP contribution is 2.64. The van der Waals surface area contributed by atoms with Crippen LogP contribution < -0.4 is 0 Å². The van der Waals surface area contributed by atoms with Crippen LogP contribution >= 0.6 is 0 Å². The Balaban J connectivity index is 1.27. The third-order valence-electron chi connectivity index (χ3n) is 10.3. The quantitative estimate of drug-likeness (QED) is 0.463. The average Bonchev–Trinajstić information content (AvgIpc) is 3.40. The first-order valence-electron chi connectivity index (χ1n) is 13.1. The molecule has 0 heterocycles. The molecule has 5 rings (SSSR count). The average molecular weight is 427 g/mol. The first-order chi connectivity index (χ1) is 14.9. The number of rotatable bonds is 5. The van der Waals surface area contributed by atoms with E-state index in [1.165, 1.54) is 56.9 Å². The molecule has 5 aliphatic carbocycles. The number of ether oxygens (including phenoxy) is 2. The number of carbonyl (C=O) groups is 1. The molecule has 7 atom stereocenters. The minimum absolute atomic E-state index is 0.0650. The Morgan fingerprint density at radius 1 is 1.03 bits per heavy atom. The number of hydrogen-bond acceptors (Lipinski definition) is 3. The van der Waals surface area contributed by atoms with Gasteiger partial charge in [0.1, 0.15) is 6.10 Å². The second-order valence-electron chi connectivity index (χ2n) is 11.8. The van der Waals surface area contributed by atoms with Crippen LogP contribution in [-0.2, 0) is 14.3 Å². The van der Waals surface area contributed by atoms with Crippen molar-refractivity contribution in [3.05, 3.63) is 23.8 Å². The van der Waals surface area contributed by atoms with E-state index in [2.05, 4.69) is 32.1 Å². The molecule has 0 amide bonds. The molecule has 0 radical (unpaired) electrons. The van der Waals surface area contributed by atoms with Crippen molar-refractivity contribution in [2.45, 2.75) is 103 Å². The lowest BCUT2D eigenvalue weighted by molar-refractivity contribution is -0.158. The Hall–Kier alpha value is -1.09. The lowest BCUT2D eigenvalue weighted by Gasteiger charge is -2.56. The fourth-order valence-electron chi connectivity index (χ4n) is 8.30. The zero-order chi connectivity index (χ0) is 21.6. The summed E-state index contributed by atoms with van der Waals surface area (Å²) in [6, 6.07) is 0. The van der Waals surface area contributed by atoms with Crippen LogP contribution in [0.15, 0.2) is 23.8 Å². The van der Waals surface area contributed by atoms with Crippen LogP contribution in [0.5, 0.6) is 0 Å². The van der Waals surface area contributed by atoms with E-state index in [0.717, 1.165) is 31.1 Å². The van der Waals surface area contributed by atoms with E-state index in [1.807, 2.05) is 7.11 Å². The molecule has 172 valence electrons. The van der Waals surface area contributed by atoms with E-state index in [1.54, 1.807) is 0 Å². The molecule has 3 fully saturated rings. The summed E-state index contributed by atoms with van der Waals surface area (Å²) in [5.74, 6) is 2.82. The van der Waals surface area contributed by atoms with Crippen molar-refractivity contribution >= 4 is 5.97 Å². The maximum atomic E-state index is 12.7. The van der Waals surface area contributed by atoms with Crippen LogP contribution in [0.25, 0.3) is 0 Å². The summed E-state index contributed by atoms with van der Waals surface area (Å²) in [6.07, 6.45) is 21.8.